The van der Waals surface area contributed by atoms with Gasteiger partial charge in [-0.25, -0.2) is 4.79 Å². The highest BCUT2D eigenvalue weighted by molar-refractivity contribution is 5.76. The fraction of sp³-hybridized carbons (Fsp3) is 0.250. The fourth-order valence-corrected chi connectivity index (χ4v) is 1.73. The number of hydrogen-bond donors (Lipinski definition) is 1. The Balaban J connectivity index is 2.17. The Labute approximate surface area is 93.8 Å². The van der Waals surface area contributed by atoms with Crippen LogP contribution in [0.5, 0.6) is 5.75 Å². The van der Waals surface area contributed by atoms with Gasteiger partial charge in [0.25, 0.3) is 0 Å². The Bertz CT molecular complexity index is 440. The molecule has 1 aliphatic heterocycles. The first-order valence-corrected chi connectivity index (χ1v) is 5.02. The van der Waals surface area contributed by atoms with E-state index >= 15 is 0 Å². The SMILES string of the molecule is COc1cccc(C2=CCN(C(=O)O)C2)c1. The summed E-state index contributed by atoms with van der Waals surface area (Å²) < 4.78 is 5.13. The van der Waals surface area contributed by atoms with Crippen LogP contribution in [0, 0.1) is 0 Å². The maximum atomic E-state index is 10.8. The summed E-state index contributed by atoms with van der Waals surface area (Å²) in [6, 6.07) is 7.64. The third-order valence-corrected chi connectivity index (χ3v) is 2.63. The van der Waals surface area contributed by atoms with Crippen LogP contribution in [0.4, 0.5) is 4.79 Å². The van der Waals surface area contributed by atoms with Gasteiger partial charge in [0.05, 0.1) is 7.11 Å². The third kappa shape index (κ3) is 2.00. The van der Waals surface area contributed by atoms with Crippen molar-refractivity contribution in [3.63, 3.8) is 0 Å². The van der Waals surface area contributed by atoms with Crippen LogP contribution in [0.2, 0.25) is 0 Å². The van der Waals surface area contributed by atoms with E-state index in [4.69, 9.17) is 9.84 Å². The molecule has 1 N–H and O–H groups in total. The molecular weight excluding hydrogens is 206 g/mol. The molecule has 2 rings (SSSR count). The van der Waals surface area contributed by atoms with Crippen LogP contribution in [0.1, 0.15) is 5.56 Å². The Kier molecular flexibility index (Phi) is 2.81. The molecule has 4 nitrogen and oxygen atoms in total. The van der Waals surface area contributed by atoms with Gasteiger partial charge >= 0.3 is 6.09 Å². The molecule has 1 amide bonds. The summed E-state index contributed by atoms with van der Waals surface area (Å²) in [6.07, 6.45) is 1.05. The highest BCUT2D eigenvalue weighted by Crippen LogP contribution is 2.24. The zero-order valence-electron chi connectivity index (χ0n) is 9.01. The van der Waals surface area contributed by atoms with E-state index in [-0.39, 0.29) is 0 Å². The molecule has 84 valence electrons. The molecule has 0 atom stereocenters. The normalized spacial score (nSPS) is 14.8. The molecule has 0 saturated heterocycles. The molecule has 1 heterocycles. The summed E-state index contributed by atoms with van der Waals surface area (Å²) in [6.45, 7) is 0.907. The first kappa shape index (κ1) is 10.5. The number of hydrogen-bond acceptors (Lipinski definition) is 2. The first-order valence-electron chi connectivity index (χ1n) is 5.02. The van der Waals surface area contributed by atoms with Crippen molar-refractivity contribution in [1.29, 1.82) is 0 Å². The maximum absolute atomic E-state index is 10.8. The summed E-state index contributed by atoms with van der Waals surface area (Å²) in [5.41, 5.74) is 2.05. The molecule has 0 fully saturated rings. The average molecular weight is 219 g/mol. The van der Waals surface area contributed by atoms with Crippen LogP contribution in [0.3, 0.4) is 0 Å². The van der Waals surface area contributed by atoms with Gasteiger partial charge in [-0.05, 0) is 23.3 Å². The van der Waals surface area contributed by atoms with Crippen molar-refractivity contribution in [3.8, 4) is 5.75 Å². The Morgan fingerprint density at radius 1 is 1.50 bits per heavy atom. The van der Waals surface area contributed by atoms with E-state index < -0.39 is 6.09 Å². The van der Waals surface area contributed by atoms with E-state index in [1.807, 2.05) is 30.3 Å². The van der Waals surface area contributed by atoms with Gasteiger partial charge in [0.15, 0.2) is 0 Å². The molecule has 0 bridgehead atoms. The maximum Gasteiger partial charge on any atom is 0.407 e. The number of rotatable bonds is 2. The molecule has 1 aliphatic rings. The molecular formula is C12H13NO3. The van der Waals surface area contributed by atoms with Crippen molar-refractivity contribution in [2.75, 3.05) is 20.2 Å². The minimum Gasteiger partial charge on any atom is -0.497 e. The zero-order valence-corrected chi connectivity index (χ0v) is 9.01. The topological polar surface area (TPSA) is 49.8 Å². The lowest BCUT2D eigenvalue weighted by atomic mass is 10.1. The van der Waals surface area contributed by atoms with Crippen LogP contribution in [0.25, 0.3) is 5.57 Å². The summed E-state index contributed by atoms with van der Waals surface area (Å²) in [7, 11) is 1.62. The zero-order chi connectivity index (χ0) is 11.5. The van der Waals surface area contributed by atoms with Crippen LogP contribution in [-0.2, 0) is 0 Å². The van der Waals surface area contributed by atoms with Crippen molar-refractivity contribution in [3.05, 3.63) is 35.9 Å². The summed E-state index contributed by atoms with van der Waals surface area (Å²) >= 11 is 0. The second kappa shape index (κ2) is 4.26. The lowest BCUT2D eigenvalue weighted by Crippen LogP contribution is -2.26. The Morgan fingerprint density at radius 3 is 2.94 bits per heavy atom. The lowest BCUT2D eigenvalue weighted by Gasteiger charge is -2.11. The van der Waals surface area contributed by atoms with Crippen LogP contribution >= 0.6 is 0 Å². The minimum atomic E-state index is -0.880. The predicted octanol–water partition coefficient (Wildman–Crippen LogP) is 2.07. The number of amides is 1. The summed E-state index contributed by atoms with van der Waals surface area (Å²) in [4.78, 5) is 12.1. The van der Waals surface area contributed by atoms with Crippen LogP contribution in [-0.4, -0.2) is 36.3 Å². The van der Waals surface area contributed by atoms with Gasteiger partial charge in [-0.15, -0.1) is 0 Å². The van der Waals surface area contributed by atoms with Gasteiger partial charge in [0.1, 0.15) is 5.75 Å². The summed E-state index contributed by atoms with van der Waals surface area (Å²) in [5, 5.41) is 8.85. The average Bonchev–Trinajstić information content (AvgIpc) is 2.78. The largest absolute Gasteiger partial charge is 0.497 e. The van der Waals surface area contributed by atoms with Crippen LogP contribution in [0.15, 0.2) is 30.3 Å². The molecule has 0 spiro atoms. The molecule has 0 aromatic heterocycles. The van der Waals surface area contributed by atoms with Crippen molar-refractivity contribution in [2.24, 2.45) is 0 Å². The lowest BCUT2D eigenvalue weighted by molar-refractivity contribution is 0.158. The van der Waals surface area contributed by atoms with E-state index in [2.05, 4.69) is 0 Å². The highest BCUT2D eigenvalue weighted by atomic mass is 16.5. The third-order valence-electron chi connectivity index (χ3n) is 2.63. The number of ether oxygens (including phenoxy) is 1. The second-order valence-corrected chi connectivity index (χ2v) is 3.62. The molecule has 1 aromatic carbocycles. The van der Waals surface area contributed by atoms with Crippen molar-refractivity contribution >= 4 is 11.7 Å². The quantitative estimate of drug-likeness (QED) is 0.828. The second-order valence-electron chi connectivity index (χ2n) is 3.62. The van der Waals surface area contributed by atoms with E-state index in [0.29, 0.717) is 13.1 Å². The predicted molar refractivity (Wildman–Crippen MR) is 60.6 cm³/mol. The number of carboxylic acid groups (broad SMARTS) is 1. The van der Waals surface area contributed by atoms with E-state index in [1.54, 1.807) is 7.11 Å². The van der Waals surface area contributed by atoms with E-state index in [0.717, 1.165) is 16.9 Å². The molecule has 0 unspecified atom stereocenters. The number of benzene rings is 1. The smallest absolute Gasteiger partial charge is 0.407 e. The Hall–Kier alpha value is -1.97. The van der Waals surface area contributed by atoms with Gasteiger partial charge in [0.2, 0.25) is 0 Å². The van der Waals surface area contributed by atoms with Gasteiger partial charge in [-0.1, -0.05) is 18.2 Å². The van der Waals surface area contributed by atoms with Crippen molar-refractivity contribution < 1.29 is 14.6 Å². The monoisotopic (exact) mass is 219 g/mol. The fourth-order valence-electron chi connectivity index (χ4n) is 1.73. The molecule has 0 aliphatic carbocycles. The standard InChI is InChI=1S/C12H13NO3/c1-16-11-4-2-3-9(7-11)10-5-6-13(8-10)12(14)15/h2-5,7H,6,8H2,1H3,(H,14,15). The number of carbonyl (C=O) groups is 1. The van der Waals surface area contributed by atoms with E-state index in [9.17, 15) is 4.79 Å². The van der Waals surface area contributed by atoms with Gasteiger partial charge in [-0.3, -0.25) is 0 Å². The first-order chi connectivity index (χ1) is 7.70. The molecule has 1 aromatic rings. The van der Waals surface area contributed by atoms with E-state index in [1.165, 1.54) is 4.90 Å². The Morgan fingerprint density at radius 2 is 2.31 bits per heavy atom. The molecule has 16 heavy (non-hydrogen) atoms. The number of nitrogens with zero attached hydrogens (tertiary/aromatic N) is 1. The van der Waals surface area contributed by atoms with Crippen LogP contribution < -0.4 is 4.74 Å². The summed E-state index contributed by atoms with van der Waals surface area (Å²) in [5.74, 6) is 0.784. The number of methoxy groups -OCH3 is 1. The molecule has 0 saturated carbocycles. The highest BCUT2D eigenvalue weighted by Gasteiger charge is 2.19. The van der Waals surface area contributed by atoms with Crippen molar-refractivity contribution in [2.45, 2.75) is 0 Å². The molecule has 0 radical (unpaired) electrons. The van der Waals surface area contributed by atoms with Crippen molar-refractivity contribution in [1.82, 2.24) is 4.90 Å². The minimum absolute atomic E-state index is 0.447. The van der Waals surface area contributed by atoms with Gasteiger partial charge in [-0.2, -0.15) is 0 Å². The molecule has 4 heteroatoms. The van der Waals surface area contributed by atoms with Gasteiger partial charge < -0.3 is 14.7 Å². The van der Waals surface area contributed by atoms with Gasteiger partial charge in [0, 0.05) is 13.1 Å².